The maximum absolute atomic E-state index is 12.9. The molecule has 2 N–H and O–H groups in total. The van der Waals surface area contributed by atoms with Crippen LogP contribution in [0.15, 0.2) is 77.9 Å². The number of anilines is 2. The summed E-state index contributed by atoms with van der Waals surface area (Å²) >= 11 is 0. The molecule has 0 fully saturated rings. The maximum Gasteiger partial charge on any atom is 0.294 e. The lowest BCUT2D eigenvalue weighted by Crippen LogP contribution is -2.24. The monoisotopic (exact) mass is 471 g/mol. The predicted octanol–water partition coefficient (Wildman–Crippen LogP) is 3.96. The summed E-state index contributed by atoms with van der Waals surface area (Å²) in [5, 5.41) is 10.0. The predicted molar refractivity (Wildman–Crippen MR) is 132 cm³/mol. The fourth-order valence-electron chi connectivity index (χ4n) is 3.35. The van der Waals surface area contributed by atoms with Gasteiger partial charge in [0.15, 0.2) is 22.9 Å². The molecule has 4 aromatic rings. The number of carbonyl (C=O) groups is 1. The molecule has 0 saturated heterocycles. The fraction of sp³-hybridized carbons (Fsp3) is 0.154. The smallest absolute Gasteiger partial charge is 0.294 e. The number of aryl methyl sites for hydroxylation is 2. The minimum absolute atomic E-state index is 0.177. The van der Waals surface area contributed by atoms with Crippen molar-refractivity contribution in [2.24, 2.45) is 7.05 Å². The third-order valence-corrected chi connectivity index (χ3v) is 5.19. The van der Waals surface area contributed by atoms with Crippen molar-refractivity contribution in [2.75, 3.05) is 12.4 Å². The van der Waals surface area contributed by atoms with Gasteiger partial charge in [0.25, 0.3) is 11.5 Å². The van der Waals surface area contributed by atoms with Crippen LogP contribution in [-0.2, 0) is 13.6 Å². The zero-order valence-corrected chi connectivity index (χ0v) is 19.6. The van der Waals surface area contributed by atoms with Gasteiger partial charge in [-0.3, -0.25) is 14.6 Å². The van der Waals surface area contributed by atoms with E-state index in [4.69, 9.17) is 9.47 Å². The van der Waals surface area contributed by atoms with E-state index in [0.717, 1.165) is 11.3 Å². The highest BCUT2D eigenvalue weighted by Gasteiger charge is 2.16. The molecule has 178 valence electrons. The van der Waals surface area contributed by atoms with E-state index in [1.54, 1.807) is 50.7 Å². The van der Waals surface area contributed by atoms with Crippen LogP contribution >= 0.6 is 0 Å². The number of amides is 1. The first-order valence-corrected chi connectivity index (χ1v) is 10.9. The first-order valence-electron chi connectivity index (χ1n) is 10.9. The van der Waals surface area contributed by atoms with Gasteiger partial charge in [-0.2, -0.15) is 5.10 Å². The first-order chi connectivity index (χ1) is 16.9. The van der Waals surface area contributed by atoms with Gasteiger partial charge in [-0.25, -0.2) is 4.68 Å². The van der Waals surface area contributed by atoms with Crippen LogP contribution < -0.4 is 25.7 Å². The molecule has 4 rings (SSSR count). The molecule has 0 aliphatic carbocycles. The van der Waals surface area contributed by atoms with E-state index < -0.39 is 5.56 Å². The van der Waals surface area contributed by atoms with Crippen LogP contribution in [0.5, 0.6) is 17.2 Å². The Morgan fingerprint density at radius 2 is 1.89 bits per heavy atom. The first kappa shape index (κ1) is 23.5. The molecular formula is C26H25N5O4. The fourth-order valence-corrected chi connectivity index (χ4v) is 3.35. The zero-order chi connectivity index (χ0) is 24.8. The molecule has 2 aromatic carbocycles. The summed E-state index contributed by atoms with van der Waals surface area (Å²) in [5.41, 5.74) is 2.52. The molecule has 0 aliphatic heterocycles. The summed E-state index contributed by atoms with van der Waals surface area (Å²) in [6.45, 7) is 2.25. The summed E-state index contributed by atoms with van der Waals surface area (Å²) in [6.07, 6.45) is 3.12. The van der Waals surface area contributed by atoms with Crippen molar-refractivity contribution in [1.82, 2.24) is 20.1 Å². The Morgan fingerprint density at radius 3 is 2.66 bits per heavy atom. The number of aromatic nitrogens is 3. The largest absolute Gasteiger partial charge is 0.493 e. The summed E-state index contributed by atoms with van der Waals surface area (Å²) in [6, 6.07) is 17.8. The number of hydrogen-bond donors (Lipinski definition) is 2. The third kappa shape index (κ3) is 5.64. The average Bonchev–Trinajstić information content (AvgIpc) is 2.88. The number of ether oxygens (including phenoxy) is 2. The topological polar surface area (TPSA) is 107 Å². The highest BCUT2D eigenvalue weighted by Crippen LogP contribution is 2.35. The van der Waals surface area contributed by atoms with Gasteiger partial charge in [0.2, 0.25) is 0 Å². The average molecular weight is 472 g/mol. The van der Waals surface area contributed by atoms with Crippen LogP contribution in [0.2, 0.25) is 0 Å². The number of hydrogen-bond acceptors (Lipinski definition) is 7. The molecule has 0 aliphatic rings. The Labute approximate surface area is 202 Å². The molecule has 0 spiro atoms. The number of carbonyl (C=O) groups excluding carboxylic acids is 1. The summed E-state index contributed by atoms with van der Waals surface area (Å²) in [5.74, 6) is 0.935. The Hall–Kier alpha value is -4.66. The third-order valence-electron chi connectivity index (χ3n) is 5.19. The van der Waals surface area contributed by atoms with E-state index >= 15 is 0 Å². The van der Waals surface area contributed by atoms with E-state index in [2.05, 4.69) is 20.7 Å². The zero-order valence-electron chi connectivity index (χ0n) is 19.6. The van der Waals surface area contributed by atoms with Crippen LogP contribution in [0.3, 0.4) is 0 Å². The Kier molecular flexibility index (Phi) is 7.06. The minimum atomic E-state index is -0.390. The normalized spacial score (nSPS) is 10.5. The second kappa shape index (κ2) is 10.5. The molecule has 9 nitrogen and oxygen atoms in total. The van der Waals surface area contributed by atoms with Gasteiger partial charge in [0.1, 0.15) is 0 Å². The number of nitrogens with one attached hydrogen (secondary N) is 2. The second-order valence-corrected chi connectivity index (χ2v) is 7.78. The van der Waals surface area contributed by atoms with Gasteiger partial charge >= 0.3 is 0 Å². The van der Waals surface area contributed by atoms with Crippen molar-refractivity contribution in [3.8, 4) is 17.2 Å². The highest BCUT2D eigenvalue weighted by atomic mass is 16.5. The highest BCUT2D eigenvalue weighted by molar-refractivity contribution is 5.95. The number of rotatable bonds is 8. The van der Waals surface area contributed by atoms with Gasteiger partial charge in [0, 0.05) is 24.5 Å². The lowest BCUT2D eigenvalue weighted by Gasteiger charge is -2.15. The van der Waals surface area contributed by atoms with Crippen LogP contribution in [0.1, 0.15) is 21.6 Å². The van der Waals surface area contributed by atoms with Gasteiger partial charge < -0.3 is 20.1 Å². The van der Waals surface area contributed by atoms with Gasteiger partial charge in [0.05, 0.1) is 25.5 Å². The second-order valence-electron chi connectivity index (χ2n) is 7.78. The quantitative estimate of drug-likeness (QED) is 0.401. The molecule has 0 bridgehead atoms. The minimum Gasteiger partial charge on any atom is -0.493 e. The molecule has 9 heteroatoms. The van der Waals surface area contributed by atoms with Crippen LogP contribution in [0, 0.1) is 6.92 Å². The van der Waals surface area contributed by atoms with E-state index in [-0.39, 0.29) is 17.3 Å². The Balaban J connectivity index is 1.58. The molecule has 0 unspecified atom stereocenters. The maximum atomic E-state index is 12.9. The van der Waals surface area contributed by atoms with Crippen LogP contribution in [0.25, 0.3) is 0 Å². The van der Waals surface area contributed by atoms with Gasteiger partial charge in [-0.1, -0.05) is 18.2 Å². The molecular weight excluding hydrogens is 446 g/mol. The lowest BCUT2D eigenvalue weighted by atomic mass is 10.2. The molecule has 0 radical (unpaired) electrons. The summed E-state index contributed by atoms with van der Waals surface area (Å²) in [7, 11) is 3.10. The number of benzene rings is 2. The van der Waals surface area contributed by atoms with E-state index in [1.165, 1.54) is 10.9 Å². The number of nitrogens with zero attached hydrogens (tertiary/aromatic N) is 3. The standard InChI is InChI=1S/C26H25N5O4/c1-17-10-11-21(22(13-17)34-3)35-23-16-29-31(2)26(33)24(23)30-19-9-6-7-18(14-19)25(32)28-15-20-8-4-5-12-27-20/h4-14,16,30H,15H2,1-3H3,(H,28,32). The Morgan fingerprint density at radius 1 is 1.03 bits per heavy atom. The van der Waals surface area contributed by atoms with Gasteiger partial charge in [-0.15, -0.1) is 0 Å². The molecule has 35 heavy (non-hydrogen) atoms. The van der Waals surface area contributed by atoms with Crippen molar-refractivity contribution < 1.29 is 14.3 Å². The summed E-state index contributed by atoms with van der Waals surface area (Å²) in [4.78, 5) is 29.8. The van der Waals surface area contributed by atoms with E-state index in [0.29, 0.717) is 29.3 Å². The van der Waals surface area contributed by atoms with Crippen molar-refractivity contribution in [1.29, 1.82) is 0 Å². The summed E-state index contributed by atoms with van der Waals surface area (Å²) < 4.78 is 12.6. The van der Waals surface area contributed by atoms with Crippen molar-refractivity contribution in [2.45, 2.75) is 13.5 Å². The molecule has 1 amide bonds. The Bertz CT molecular complexity index is 1400. The van der Waals surface area contributed by atoms with E-state index in [1.807, 2.05) is 37.3 Å². The van der Waals surface area contributed by atoms with Gasteiger partial charge in [-0.05, 0) is 55.0 Å². The van der Waals surface area contributed by atoms with Crippen LogP contribution in [0.4, 0.5) is 11.4 Å². The van der Waals surface area contributed by atoms with Crippen molar-refractivity contribution in [3.63, 3.8) is 0 Å². The van der Waals surface area contributed by atoms with Crippen molar-refractivity contribution >= 4 is 17.3 Å². The van der Waals surface area contributed by atoms with Crippen LogP contribution in [-0.4, -0.2) is 27.8 Å². The number of pyridine rings is 1. The molecule has 0 atom stereocenters. The van der Waals surface area contributed by atoms with Crippen molar-refractivity contribution in [3.05, 3.63) is 100 Å². The lowest BCUT2D eigenvalue weighted by molar-refractivity contribution is 0.0950. The molecule has 0 saturated carbocycles. The SMILES string of the molecule is COc1cc(C)ccc1Oc1cnn(C)c(=O)c1Nc1cccc(C(=O)NCc2ccccn2)c1. The van der Waals surface area contributed by atoms with E-state index in [9.17, 15) is 9.59 Å². The molecule has 2 aromatic heterocycles. The number of methoxy groups -OCH3 is 1. The molecule has 2 heterocycles.